The summed E-state index contributed by atoms with van der Waals surface area (Å²) < 4.78 is 7.31. The molecule has 0 bridgehead atoms. The van der Waals surface area contributed by atoms with Gasteiger partial charge in [0.2, 0.25) is 0 Å². The molecule has 4 rings (SSSR count). The van der Waals surface area contributed by atoms with E-state index in [4.69, 9.17) is 16.2 Å². The molecular formula is C29H32N6O2. The predicted octanol–water partition coefficient (Wildman–Crippen LogP) is 4.68. The molecule has 0 aliphatic heterocycles. The SMILES string of the molecule is Cn1nc(N=C(N)N)c(C(=O)OC(C)(C)C)c1NC(c1ccccc1)(c1ccccc1)c1ccccc1. The highest BCUT2D eigenvalue weighted by Crippen LogP contribution is 2.42. The third-order valence-electron chi connectivity index (χ3n) is 5.79. The number of esters is 1. The van der Waals surface area contributed by atoms with E-state index in [0.717, 1.165) is 16.7 Å². The Morgan fingerprint density at radius 3 is 1.65 bits per heavy atom. The van der Waals surface area contributed by atoms with Crippen molar-refractivity contribution < 1.29 is 9.53 Å². The smallest absolute Gasteiger partial charge is 0.346 e. The van der Waals surface area contributed by atoms with Crippen molar-refractivity contribution >= 4 is 23.6 Å². The largest absolute Gasteiger partial charge is 0.456 e. The summed E-state index contributed by atoms with van der Waals surface area (Å²) >= 11 is 0. The van der Waals surface area contributed by atoms with Gasteiger partial charge < -0.3 is 21.5 Å². The van der Waals surface area contributed by atoms with Gasteiger partial charge in [-0.1, -0.05) is 91.0 Å². The Kier molecular flexibility index (Phi) is 7.02. The van der Waals surface area contributed by atoms with E-state index in [-0.39, 0.29) is 17.3 Å². The summed E-state index contributed by atoms with van der Waals surface area (Å²) in [5.74, 6) is -0.325. The Bertz CT molecular complexity index is 1290. The average Bonchev–Trinajstić information content (AvgIpc) is 3.16. The van der Waals surface area contributed by atoms with Crippen LogP contribution in [0.15, 0.2) is 96.0 Å². The van der Waals surface area contributed by atoms with Crippen LogP contribution in [0.2, 0.25) is 0 Å². The molecule has 0 atom stereocenters. The van der Waals surface area contributed by atoms with Crippen LogP contribution in [-0.4, -0.2) is 27.3 Å². The lowest BCUT2D eigenvalue weighted by molar-refractivity contribution is 0.00715. The number of nitrogens with zero attached hydrogens (tertiary/aromatic N) is 3. The first-order chi connectivity index (χ1) is 17.6. The summed E-state index contributed by atoms with van der Waals surface area (Å²) in [5.41, 5.74) is 12.8. The molecule has 1 heterocycles. The molecule has 190 valence electrons. The Labute approximate surface area is 217 Å². The summed E-state index contributed by atoms with van der Waals surface area (Å²) in [5, 5.41) is 8.16. The van der Waals surface area contributed by atoms with E-state index in [0.29, 0.717) is 5.82 Å². The minimum absolute atomic E-state index is 0.0716. The number of aliphatic imine (C=N–C) groups is 1. The van der Waals surface area contributed by atoms with E-state index >= 15 is 0 Å². The van der Waals surface area contributed by atoms with Gasteiger partial charge in [-0.2, -0.15) is 10.1 Å². The lowest BCUT2D eigenvalue weighted by Gasteiger charge is -2.38. The Hall–Kier alpha value is -4.59. The fraction of sp³-hybridized carbons (Fsp3) is 0.207. The monoisotopic (exact) mass is 496 g/mol. The van der Waals surface area contributed by atoms with Crippen LogP contribution in [0, 0.1) is 0 Å². The summed E-state index contributed by atoms with van der Waals surface area (Å²) in [6.07, 6.45) is 0. The standard InChI is InChI=1S/C29H32N6O2/c1-28(2,3)37-26(36)23-24(32-27(30)31)34-35(4)25(23)33-29(20-14-8-5-9-15-20,21-16-10-6-11-17-21)22-18-12-7-13-19-22/h5-19,33H,1-4H3,(H4,30,31,32,34). The van der Waals surface area contributed by atoms with Crippen LogP contribution in [0.3, 0.4) is 0 Å². The zero-order valence-corrected chi connectivity index (χ0v) is 21.5. The number of rotatable bonds is 7. The maximum Gasteiger partial charge on any atom is 0.346 e. The topological polar surface area (TPSA) is 121 Å². The number of ether oxygens (including phenoxy) is 1. The van der Waals surface area contributed by atoms with E-state index in [1.54, 1.807) is 32.5 Å². The Morgan fingerprint density at radius 2 is 1.27 bits per heavy atom. The number of guanidine groups is 1. The molecule has 0 aliphatic carbocycles. The minimum Gasteiger partial charge on any atom is -0.456 e. The highest BCUT2D eigenvalue weighted by molar-refractivity contribution is 6.01. The zero-order valence-electron chi connectivity index (χ0n) is 21.5. The van der Waals surface area contributed by atoms with Gasteiger partial charge in [0.1, 0.15) is 22.5 Å². The number of hydrogen-bond acceptors (Lipinski definition) is 5. The normalized spacial score (nSPS) is 11.6. The first-order valence-corrected chi connectivity index (χ1v) is 12.0. The Morgan fingerprint density at radius 1 is 0.838 bits per heavy atom. The molecule has 4 aromatic rings. The van der Waals surface area contributed by atoms with Gasteiger partial charge in [-0.05, 0) is 37.5 Å². The Balaban J connectivity index is 2.03. The molecule has 0 fully saturated rings. The van der Waals surface area contributed by atoms with Gasteiger partial charge in [0.05, 0.1) is 0 Å². The van der Waals surface area contributed by atoms with Crippen LogP contribution in [0.4, 0.5) is 11.6 Å². The number of anilines is 1. The van der Waals surface area contributed by atoms with Crippen molar-refractivity contribution in [3.63, 3.8) is 0 Å². The molecule has 3 aromatic carbocycles. The van der Waals surface area contributed by atoms with E-state index in [1.807, 2.05) is 91.0 Å². The number of carbonyl (C=O) groups is 1. The van der Waals surface area contributed by atoms with Gasteiger partial charge in [-0.25, -0.2) is 9.48 Å². The second-order valence-corrected chi connectivity index (χ2v) is 9.68. The third-order valence-corrected chi connectivity index (χ3v) is 5.79. The molecule has 0 aliphatic rings. The lowest BCUT2D eigenvalue weighted by Crippen LogP contribution is -2.39. The minimum atomic E-state index is -0.899. The van der Waals surface area contributed by atoms with E-state index in [1.165, 1.54) is 0 Å². The fourth-order valence-electron chi connectivity index (χ4n) is 4.33. The molecule has 37 heavy (non-hydrogen) atoms. The van der Waals surface area contributed by atoms with E-state index < -0.39 is 17.1 Å². The molecular weight excluding hydrogens is 464 g/mol. The molecule has 0 saturated heterocycles. The second-order valence-electron chi connectivity index (χ2n) is 9.68. The van der Waals surface area contributed by atoms with Crippen LogP contribution in [0.1, 0.15) is 47.8 Å². The van der Waals surface area contributed by atoms with Crippen LogP contribution < -0.4 is 16.8 Å². The average molecular weight is 497 g/mol. The maximum atomic E-state index is 13.5. The molecule has 0 saturated carbocycles. The number of carbonyl (C=O) groups excluding carboxylic acids is 1. The number of aryl methyl sites for hydroxylation is 1. The van der Waals surface area contributed by atoms with Crippen LogP contribution in [-0.2, 0) is 17.3 Å². The summed E-state index contributed by atoms with van der Waals surface area (Å²) in [6.45, 7) is 5.41. The highest BCUT2D eigenvalue weighted by atomic mass is 16.6. The number of hydrogen-bond donors (Lipinski definition) is 3. The van der Waals surface area contributed by atoms with Gasteiger partial charge in [-0.3, -0.25) is 0 Å². The molecule has 0 unspecified atom stereocenters. The van der Waals surface area contributed by atoms with Gasteiger partial charge in [-0.15, -0.1) is 0 Å². The molecule has 5 N–H and O–H groups in total. The van der Waals surface area contributed by atoms with Gasteiger partial charge in [0.25, 0.3) is 0 Å². The molecule has 0 spiro atoms. The van der Waals surface area contributed by atoms with E-state index in [2.05, 4.69) is 15.4 Å². The van der Waals surface area contributed by atoms with Crippen molar-refractivity contribution in [2.45, 2.75) is 31.9 Å². The molecule has 0 amide bonds. The zero-order chi connectivity index (χ0) is 26.6. The van der Waals surface area contributed by atoms with Crippen LogP contribution in [0.5, 0.6) is 0 Å². The van der Waals surface area contributed by atoms with Crippen molar-refractivity contribution in [3.8, 4) is 0 Å². The van der Waals surface area contributed by atoms with Gasteiger partial charge in [0.15, 0.2) is 11.8 Å². The molecule has 1 aromatic heterocycles. The number of nitrogens with two attached hydrogens (primary N) is 2. The number of benzene rings is 3. The van der Waals surface area contributed by atoms with Crippen molar-refractivity contribution in [1.29, 1.82) is 0 Å². The molecule has 0 radical (unpaired) electrons. The summed E-state index contributed by atoms with van der Waals surface area (Å²) in [6, 6.07) is 30.1. The van der Waals surface area contributed by atoms with Crippen molar-refractivity contribution in [3.05, 3.63) is 113 Å². The van der Waals surface area contributed by atoms with Gasteiger partial charge in [0, 0.05) is 7.05 Å². The lowest BCUT2D eigenvalue weighted by atomic mass is 9.77. The first kappa shape index (κ1) is 25.5. The molecule has 8 nitrogen and oxygen atoms in total. The maximum absolute atomic E-state index is 13.5. The number of nitrogens with one attached hydrogen (secondary N) is 1. The highest BCUT2D eigenvalue weighted by Gasteiger charge is 2.39. The summed E-state index contributed by atoms with van der Waals surface area (Å²) in [4.78, 5) is 17.7. The number of aromatic nitrogens is 2. The quantitative estimate of drug-likeness (QED) is 0.148. The summed E-state index contributed by atoms with van der Waals surface area (Å²) in [7, 11) is 1.73. The van der Waals surface area contributed by atoms with E-state index in [9.17, 15) is 4.79 Å². The van der Waals surface area contributed by atoms with Crippen LogP contribution in [0.25, 0.3) is 0 Å². The fourth-order valence-corrected chi connectivity index (χ4v) is 4.33. The van der Waals surface area contributed by atoms with Gasteiger partial charge >= 0.3 is 5.97 Å². The first-order valence-electron chi connectivity index (χ1n) is 12.0. The molecule has 8 heteroatoms. The predicted molar refractivity (Wildman–Crippen MR) is 147 cm³/mol. The third kappa shape index (κ3) is 5.33. The van der Waals surface area contributed by atoms with Crippen LogP contribution >= 0.6 is 0 Å². The van der Waals surface area contributed by atoms with Crippen molar-refractivity contribution in [2.24, 2.45) is 23.5 Å². The second kappa shape index (κ2) is 10.2. The van der Waals surface area contributed by atoms with Crippen molar-refractivity contribution in [2.75, 3.05) is 5.32 Å². The van der Waals surface area contributed by atoms with Crippen molar-refractivity contribution in [1.82, 2.24) is 9.78 Å².